The van der Waals surface area contributed by atoms with Crippen molar-refractivity contribution >= 4 is 11.6 Å². The average Bonchev–Trinajstić information content (AvgIpc) is 2.13. The summed E-state index contributed by atoms with van der Waals surface area (Å²) in [5.41, 5.74) is 6.06. The number of nitrogen functional groups attached to an aromatic ring is 1. The lowest BCUT2D eigenvalue weighted by molar-refractivity contribution is 0.0327. The third-order valence-electron chi connectivity index (χ3n) is 2.43. The van der Waals surface area contributed by atoms with Crippen LogP contribution in [0.5, 0.6) is 0 Å². The van der Waals surface area contributed by atoms with Crippen LogP contribution in [0.25, 0.3) is 0 Å². The summed E-state index contributed by atoms with van der Waals surface area (Å²) >= 11 is 0. The van der Waals surface area contributed by atoms with Crippen LogP contribution in [0.3, 0.4) is 0 Å². The van der Waals surface area contributed by atoms with E-state index >= 15 is 0 Å². The first-order chi connectivity index (χ1) is 6.78. The van der Waals surface area contributed by atoms with Crippen LogP contribution in [0.15, 0.2) is 12.4 Å². The minimum atomic E-state index is 0.390. The molecular weight excluding hydrogens is 180 g/mol. The van der Waals surface area contributed by atoms with Gasteiger partial charge in [0.25, 0.3) is 0 Å². The highest BCUT2D eigenvalue weighted by molar-refractivity contribution is 5.36. The largest absolute Gasteiger partial charge is 0.396 e. The molecule has 76 valence electrons. The molecule has 1 fully saturated rings. The molecule has 0 spiro atoms. The fraction of sp³-hybridized carbons (Fsp3) is 0.556. The third kappa shape index (κ3) is 1.93. The van der Waals surface area contributed by atoms with E-state index in [2.05, 4.69) is 15.3 Å². The lowest BCUT2D eigenvalue weighted by Gasteiger charge is -2.34. The van der Waals surface area contributed by atoms with Gasteiger partial charge in [0.05, 0.1) is 24.2 Å². The Balaban J connectivity index is 1.84. The van der Waals surface area contributed by atoms with E-state index in [0.29, 0.717) is 23.8 Å². The molecule has 14 heavy (non-hydrogen) atoms. The van der Waals surface area contributed by atoms with Gasteiger partial charge in [-0.1, -0.05) is 0 Å². The van der Waals surface area contributed by atoms with Gasteiger partial charge in [-0.15, -0.1) is 0 Å². The highest BCUT2D eigenvalue weighted by atomic mass is 16.5. The maximum absolute atomic E-state index is 5.47. The van der Waals surface area contributed by atoms with E-state index in [-0.39, 0.29) is 0 Å². The number of hydrogen-bond acceptors (Lipinski definition) is 5. The molecule has 5 nitrogen and oxygen atoms in total. The smallest absolute Gasteiger partial charge is 0.222 e. The number of rotatable bonds is 3. The summed E-state index contributed by atoms with van der Waals surface area (Å²) in [6, 6.07) is 0.434. The van der Waals surface area contributed by atoms with E-state index in [1.807, 2.05) is 0 Å². The van der Waals surface area contributed by atoms with Crippen molar-refractivity contribution in [3.05, 3.63) is 12.4 Å². The molecular formula is C9H14N4O. The number of nitrogens with two attached hydrogens (primary N) is 1. The van der Waals surface area contributed by atoms with Gasteiger partial charge in [-0.3, -0.25) is 0 Å². The number of nitrogens with one attached hydrogen (secondary N) is 1. The zero-order valence-electron chi connectivity index (χ0n) is 8.10. The topological polar surface area (TPSA) is 73.1 Å². The molecule has 0 amide bonds. The molecule has 3 N–H and O–H groups in total. The van der Waals surface area contributed by atoms with Gasteiger partial charge in [0.1, 0.15) is 0 Å². The highest BCUT2D eigenvalue weighted by Gasteiger charge is 2.29. The van der Waals surface area contributed by atoms with Crippen molar-refractivity contribution in [2.24, 2.45) is 0 Å². The number of aromatic nitrogens is 2. The van der Waals surface area contributed by atoms with Gasteiger partial charge in [0.15, 0.2) is 0 Å². The fourth-order valence-electron chi connectivity index (χ4n) is 1.47. The molecule has 2 rings (SSSR count). The predicted molar refractivity (Wildman–Crippen MR) is 53.9 cm³/mol. The Morgan fingerprint density at radius 2 is 2.07 bits per heavy atom. The van der Waals surface area contributed by atoms with Gasteiger partial charge in [0.2, 0.25) is 5.95 Å². The Morgan fingerprint density at radius 3 is 2.64 bits per heavy atom. The van der Waals surface area contributed by atoms with Crippen molar-refractivity contribution in [3.8, 4) is 0 Å². The monoisotopic (exact) mass is 194 g/mol. The minimum Gasteiger partial charge on any atom is -0.396 e. The third-order valence-corrected chi connectivity index (χ3v) is 2.43. The molecule has 1 aliphatic carbocycles. The lowest BCUT2D eigenvalue weighted by atomic mass is 9.89. The van der Waals surface area contributed by atoms with Crippen molar-refractivity contribution in [3.63, 3.8) is 0 Å². The Labute approximate surface area is 82.7 Å². The van der Waals surface area contributed by atoms with Crippen molar-refractivity contribution in [1.29, 1.82) is 0 Å². The number of nitrogens with zero attached hydrogens (tertiary/aromatic N) is 2. The molecule has 0 unspecified atom stereocenters. The highest BCUT2D eigenvalue weighted by Crippen LogP contribution is 2.24. The first-order valence-corrected chi connectivity index (χ1v) is 4.65. The summed E-state index contributed by atoms with van der Waals surface area (Å²) in [5.74, 6) is 0.638. The normalized spacial score (nSPS) is 25.5. The molecule has 1 heterocycles. The molecule has 0 saturated heterocycles. The predicted octanol–water partition coefficient (Wildman–Crippen LogP) is 0.648. The molecule has 0 aromatic carbocycles. The Kier molecular flexibility index (Phi) is 2.49. The van der Waals surface area contributed by atoms with Crippen LogP contribution >= 0.6 is 0 Å². The van der Waals surface area contributed by atoms with Gasteiger partial charge < -0.3 is 15.8 Å². The second kappa shape index (κ2) is 3.79. The van der Waals surface area contributed by atoms with E-state index in [4.69, 9.17) is 10.5 Å². The number of methoxy groups -OCH3 is 1. The molecule has 0 radical (unpaired) electrons. The van der Waals surface area contributed by atoms with Crippen LogP contribution in [0.2, 0.25) is 0 Å². The van der Waals surface area contributed by atoms with Crippen molar-refractivity contribution in [2.45, 2.75) is 25.0 Å². The first kappa shape index (κ1) is 9.21. The summed E-state index contributed by atoms with van der Waals surface area (Å²) in [4.78, 5) is 8.13. The molecule has 5 heteroatoms. The summed E-state index contributed by atoms with van der Waals surface area (Å²) in [6.07, 6.45) is 5.62. The summed E-state index contributed by atoms with van der Waals surface area (Å²) < 4.78 is 5.17. The van der Waals surface area contributed by atoms with E-state index in [0.717, 1.165) is 12.8 Å². The minimum absolute atomic E-state index is 0.390. The van der Waals surface area contributed by atoms with Crippen molar-refractivity contribution < 1.29 is 4.74 Å². The quantitative estimate of drug-likeness (QED) is 0.739. The zero-order chi connectivity index (χ0) is 9.97. The second-order valence-corrected chi connectivity index (χ2v) is 3.51. The number of anilines is 2. The van der Waals surface area contributed by atoms with E-state index < -0.39 is 0 Å². The maximum Gasteiger partial charge on any atom is 0.222 e. The van der Waals surface area contributed by atoms with Gasteiger partial charge in [-0.05, 0) is 12.8 Å². The average molecular weight is 194 g/mol. The van der Waals surface area contributed by atoms with Gasteiger partial charge in [-0.2, -0.15) is 0 Å². The number of hydrogen-bond donors (Lipinski definition) is 2. The van der Waals surface area contributed by atoms with Crippen LogP contribution in [0.4, 0.5) is 11.6 Å². The fourth-order valence-corrected chi connectivity index (χ4v) is 1.47. The zero-order valence-corrected chi connectivity index (χ0v) is 8.10. The Bertz CT molecular complexity index is 294. The number of ether oxygens (including phenoxy) is 1. The standard InChI is InChI=1S/C9H14N4O/c1-14-8-2-7(3-8)13-9-11-4-6(10)5-12-9/h4-5,7-8H,2-3,10H2,1H3,(H,11,12,13). The molecule has 0 bridgehead atoms. The maximum atomic E-state index is 5.47. The molecule has 1 saturated carbocycles. The molecule has 1 aromatic heterocycles. The van der Waals surface area contributed by atoms with Crippen LogP contribution < -0.4 is 11.1 Å². The molecule has 0 aliphatic heterocycles. The molecule has 1 aliphatic rings. The summed E-state index contributed by atoms with van der Waals surface area (Å²) in [6.45, 7) is 0. The summed E-state index contributed by atoms with van der Waals surface area (Å²) in [7, 11) is 1.74. The lowest BCUT2D eigenvalue weighted by Crippen LogP contribution is -2.40. The van der Waals surface area contributed by atoms with Gasteiger partial charge in [-0.25, -0.2) is 9.97 Å². The van der Waals surface area contributed by atoms with Crippen LogP contribution in [-0.2, 0) is 4.74 Å². The van der Waals surface area contributed by atoms with Crippen molar-refractivity contribution in [1.82, 2.24) is 9.97 Å². The SMILES string of the molecule is COC1CC(Nc2ncc(N)cn2)C1. The molecule has 1 aromatic rings. The van der Waals surface area contributed by atoms with Crippen LogP contribution in [0, 0.1) is 0 Å². The van der Waals surface area contributed by atoms with Gasteiger partial charge >= 0.3 is 0 Å². The Hall–Kier alpha value is -1.36. The van der Waals surface area contributed by atoms with Crippen molar-refractivity contribution in [2.75, 3.05) is 18.2 Å². The van der Waals surface area contributed by atoms with E-state index in [1.165, 1.54) is 0 Å². The van der Waals surface area contributed by atoms with Crippen LogP contribution in [0.1, 0.15) is 12.8 Å². The molecule has 0 atom stereocenters. The van der Waals surface area contributed by atoms with Gasteiger partial charge in [0, 0.05) is 13.2 Å². The second-order valence-electron chi connectivity index (χ2n) is 3.51. The first-order valence-electron chi connectivity index (χ1n) is 4.65. The summed E-state index contributed by atoms with van der Waals surface area (Å²) in [5, 5.41) is 3.21. The van der Waals surface area contributed by atoms with E-state index in [9.17, 15) is 0 Å². The Morgan fingerprint density at radius 1 is 1.43 bits per heavy atom. The van der Waals surface area contributed by atoms with E-state index in [1.54, 1.807) is 19.5 Å². The van der Waals surface area contributed by atoms with Crippen LogP contribution in [-0.4, -0.2) is 29.2 Å².